The second-order valence-corrected chi connectivity index (χ2v) is 8.16. The Labute approximate surface area is 158 Å². The van der Waals surface area contributed by atoms with Crippen molar-refractivity contribution in [3.8, 4) is 5.69 Å². The zero-order valence-corrected chi connectivity index (χ0v) is 15.6. The predicted molar refractivity (Wildman–Crippen MR) is 105 cm³/mol. The molecule has 8 nitrogen and oxygen atoms in total. The minimum atomic E-state index is -3.63. The third-order valence-corrected chi connectivity index (χ3v) is 5.55. The summed E-state index contributed by atoms with van der Waals surface area (Å²) in [5, 5.41) is 6.03. The first kappa shape index (κ1) is 17.9. The Morgan fingerprint density at radius 1 is 1.11 bits per heavy atom. The number of nitrogens with two attached hydrogens (primary N) is 1. The van der Waals surface area contributed by atoms with Gasteiger partial charge in [-0.25, -0.2) is 19.8 Å². The smallest absolute Gasteiger partial charge is 0.274 e. The number of nitrogens with zero attached hydrogens (tertiary/aromatic N) is 4. The number of rotatable bonds is 5. The van der Waals surface area contributed by atoms with E-state index in [1.54, 1.807) is 6.33 Å². The summed E-state index contributed by atoms with van der Waals surface area (Å²) in [6, 6.07) is 12.1. The highest BCUT2D eigenvalue weighted by Gasteiger charge is 2.23. The molecule has 4 rings (SSSR count). The van der Waals surface area contributed by atoms with Gasteiger partial charge >= 0.3 is 0 Å². The van der Waals surface area contributed by atoms with Gasteiger partial charge in [0.05, 0.1) is 5.39 Å². The second kappa shape index (κ2) is 7.26. The number of para-hydroxylation sites is 1. The zero-order valence-electron chi connectivity index (χ0n) is 14.8. The van der Waals surface area contributed by atoms with Crippen molar-refractivity contribution < 1.29 is 8.42 Å². The van der Waals surface area contributed by atoms with E-state index in [2.05, 4.69) is 24.2 Å². The van der Waals surface area contributed by atoms with Gasteiger partial charge in [-0.1, -0.05) is 18.2 Å². The molecule has 1 saturated heterocycles. The number of anilines is 1. The van der Waals surface area contributed by atoms with E-state index in [4.69, 9.17) is 5.14 Å². The summed E-state index contributed by atoms with van der Waals surface area (Å²) in [7, 11) is -3.63. The number of piperidine rings is 1. The van der Waals surface area contributed by atoms with E-state index < -0.39 is 10.2 Å². The predicted octanol–water partition coefficient (Wildman–Crippen LogP) is 1.43. The number of benzene rings is 1. The van der Waals surface area contributed by atoms with Crippen LogP contribution in [0.2, 0.25) is 0 Å². The lowest BCUT2D eigenvalue weighted by Gasteiger charge is -2.33. The van der Waals surface area contributed by atoms with Crippen LogP contribution < -0.4 is 14.8 Å². The van der Waals surface area contributed by atoms with Crippen molar-refractivity contribution in [2.24, 2.45) is 11.1 Å². The lowest BCUT2D eigenvalue weighted by Crippen LogP contribution is -2.40. The molecule has 27 heavy (non-hydrogen) atoms. The summed E-state index contributed by atoms with van der Waals surface area (Å²) in [5.41, 5.74) is 1.94. The molecule has 1 fully saturated rings. The normalized spacial score (nSPS) is 16.1. The Balaban J connectivity index is 1.53. The fourth-order valence-electron chi connectivity index (χ4n) is 3.57. The van der Waals surface area contributed by atoms with Gasteiger partial charge in [-0.15, -0.1) is 0 Å². The van der Waals surface area contributed by atoms with Gasteiger partial charge in [0.15, 0.2) is 0 Å². The Kier molecular flexibility index (Phi) is 4.81. The van der Waals surface area contributed by atoms with E-state index in [9.17, 15) is 8.42 Å². The third-order valence-electron chi connectivity index (χ3n) is 4.98. The van der Waals surface area contributed by atoms with Gasteiger partial charge in [0.1, 0.15) is 17.8 Å². The molecule has 142 valence electrons. The van der Waals surface area contributed by atoms with Crippen LogP contribution in [0.4, 0.5) is 5.82 Å². The summed E-state index contributed by atoms with van der Waals surface area (Å²) in [6.45, 7) is 2.02. The lowest BCUT2D eigenvalue weighted by molar-refractivity contribution is 0.401. The first-order chi connectivity index (χ1) is 13.0. The second-order valence-electron chi connectivity index (χ2n) is 6.78. The van der Waals surface area contributed by atoms with Crippen molar-refractivity contribution in [2.45, 2.75) is 12.8 Å². The van der Waals surface area contributed by atoms with Crippen LogP contribution in [0.25, 0.3) is 16.7 Å². The topological polar surface area (TPSA) is 106 Å². The molecule has 9 heteroatoms. The van der Waals surface area contributed by atoms with Crippen LogP contribution in [0.15, 0.2) is 48.9 Å². The summed E-state index contributed by atoms with van der Waals surface area (Å²) >= 11 is 0. The summed E-state index contributed by atoms with van der Waals surface area (Å²) in [4.78, 5) is 11.2. The van der Waals surface area contributed by atoms with Crippen molar-refractivity contribution in [1.29, 1.82) is 0 Å². The van der Waals surface area contributed by atoms with E-state index in [1.165, 1.54) is 0 Å². The quantitative estimate of drug-likeness (QED) is 0.690. The molecule has 0 radical (unpaired) electrons. The maximum Gasteiger partial charge on any atom is 0.274 e. The molecule has 3 N–H and O–H groups in total. The van der Waals surface area contributed by atoms with Crippen molar-refractivity contribution in [2.75, 3.05) is 24.5 Å². The van der Waals surface area contributed by atoms with Gasteiger partial charge < -0.3 is 9.47 Å². The zero-order chi connectivity index (χ0) is 18.9. The van der Waals surface area contributed by atoms with E-state index in [0.717, 1.165) is 48.5 Å². The summed E-state index contributed by atoms with van der Waals surface area (Å²) in [5.74, 6) is 1.21. The molecule has 0 saturated carbocycles. The Bertz CT molecular complexity index is 1030. The lowest BCUT2D eigenvalue weighted by atomic mass is 9.97. The van der Waals surface area contributed by atoms with Gasteiger partial charge in [0.2, 0.25) is 0 Å². The molecule has 1 aliphatic heterocycles. The van der Waals surface area contributed by atoms with E-state index in [-0.39, 0.29) is 5.92 Å². The van der Waals surface area contributed by atoms with E-state index >= 15 is 0 Å². The molecule has 2 aromatic heterocycles. The molecule has 0 aliphatic carbocycles. The Morgan fingerprint density at radius 3 is 2.56 bits per heavy atom. The van der Waals surface area contributed by atoms with Crippen LogP contribution in [0, 0.1) is 5.92 Å². The van der Waals surface area contributed by atoms with E-state index in [0.29, 0.717) is 6.54 Å². The van der Waals surface area contributed by atoms with Gasteiger partial charge in [-0.2, -0.15) is 8.42 Å². The van der Waals surface area contributed by atoms with Crippen LogP contribution in [0.5, 0.6) is 0 Å². The molecule has 3 aromatic rings. The van der Waals surface area contributed by atoms with Crippen molar-refractivity contribution in [3.63, 3.8) is 0 Å². The number of hydrogen-bond acceptors (Lipinski definition) is 5. The highest BCUT2D eigenvalue weighted by atomic mass is 32.2. The highest BCUT2D eigenvalue weighted by molar-refractivity contribution is 7.87. The third kappa shape index (κ3) is 3.95. The number of aromatic nitrogens is 3. The van der Waals surface area contributed by atoms with Gasteiger partial charge in [0, 0.05) is 31.5 Å². The van der Waals surface area contributed by atoms with Crippen LogP contribution in [0.3, 0.4) is 0 Å². The molecular weight excluding hydrogens is 364 g/mol. The average molecular weight is 386 g/mol. The maximum absolute atomic E-state index is 11.1. The largest absolute Gasteiger partial charge is 0.356 e. The molecule has 0 atom stereocenters. The minimum Gasteiger partial charge on any atom is -0.356 e. The molecule has 0 unspecified atom stereocenters. The molecule has 0 bridgehead atoms. The molecule has 1 aromatic carbocycles. The molecule has 1 aliphatic rings. The summed E-state index contributed by atoms with van der Waals surface area (Å²) < 4.78 is 26.6. The van der Waals surface area contributed by atoms with Crippen LogP contribution in [-0.2, 0) is 10.2 Å². The maximum atomic E-state index is 11.1. The summed E-state index contributed by atoms with van der Waals surface area (Å²) in [6.07, 6.45) is 5.38. The standard InChI is InChI=1S/C18H22N6O2S/c19-27(25,26)22-12-14-6-9-23(10-7-14)17-16-8-11-24(18(16)21-13-20-17)15-4-2-1-3-5-15/h1-5,8,11,13-14,22H,6-7,9-10,12H2,(H2,19,25,26). The van der Waals surface area contributed by atoms with Crippen molar-refractivity contribution in [1.82, 2.24) is 19.3 Å². The average Bonchev–Trinajstić information content (AvgIpc) is 3.11. The van der Waals surface area contributed by atoms with Gasteiger partial charge in [-0.05, 0) is 37.0 Å². The monoisotopic (exact) mass is 386 g/mol. The minimum absolute atomic E-state index is 0.283. The fraction of sp³-hybridized carbons (Fsp3) is 0.333. The highest BCUT2D eigenvalue weighted by Crippen LogP contribution is 2.29. The van der Waals surface area contributed by atoms with Gasteiger partial charge in [0.25, 0.3) is 10.2 Å². The van der Waals surface area contributed by atoms with E-state index in [1.807, 2.05) is 42.6 Å². The van der Waals surface area contributed by atoms with Crippen LogP contribution in [0.1, 0.15) is 12.8 Å². The first-order valence-corrected chi connectivity index (χ1v) is 10.5. The van der Waals surface area contributed by atoms with Crippen molar-refractivity contribution >= 4 is 27.1 Å². The molecule has 0 spiro atoms. The van der Waals surface area contributed by atoms with Gasteiger partial charge in [-0.3, -0.25) is 0 Å². The fourth-order valence-corrected chi connectivity index (χ4v) is 4.04. The molecular formula is C18H22N6O2S. The van der Waals surface area contributed by atoms with Crippen LogP contribution in [-0.4, -0.2) is 42.6 Å². The number of hydrogen-bond donors (Lipinski definition) is 2. The number of fused-ring (bicyclic) bond motifs is 1. The Morgan fingerprint density at radius 2 is 1.85 bits per heavy atom. The first-order valence-electron chi connectivity index (χ1n) is 8.91. The SMILES string of the molecule is NS(=O)(=O)NCC1CCN(c2ncnc3c2ccn3-c2ccccc2)CC1. The van der Waals surface area contributed by atoms with Crippen molar-refractivity contribution in [3.05, 3.63) is 48.9 Å². The Hall–Kier alpha value is -2.49. The number of nitrogens with one attached hydrogen (secondary N) is 1. The molecule has 0 amide bonds. The molecule has 3 heterocycles. The van der Waals surface area contributed by atoms with Crippen LogP contribution >= 0.6 is 0 Å².